The molecule has 1 N–H and O–H groups in total. The van der Waals surface area contributed by atoms with Gasteiger partial charge in [0.2, 0.25) is 0 Å². The molecule has 0 aromatic heterocycles. The van der Waals surface area contributed by atoms with Crippen molar-refractivity contribution in [3.8, 4) is 0 Å². The van der Waals surface area contributed by atoms with E-state index in [0.717, 1.165) is 18.4 Å². The van der Waals surface area contributed by atoms with Gasteiger partial charge in [-0.2, -0.15) is 0 Å². The fraction of sp³-hybridized carbons (Fsp3) is 0.778. The predicted octanol–water partition coefficient (Wildman–Crippen LogP) is 1.24. The molecule has 0 aromatic carbocycles. The van der Waals surface area contributed by atoms with E-state index in [2.05, 4.69) is 6.08 Å². The van der Waals surface area contributed by atoms with Gasteiger partial charge in [-0.1, -0.05) is 6.08 Å². The van der Waals surface area contributed by atoms with E-state index in [0.29, 0.717) is 6.10 Å². The van der Waals surface area contributed by atoms with E-state index >= 15 is 0 Å². The predicted molar refractivity (Wildman–Crippen MR) is 42.3 cm³/mol. The molecule has 62 valence electrons. The molecule has 0 aromatic rings. The van der Waals surface area contributed by atoms with Crippen LogP contribution in [0.5, 0.6) is 0 Å². The molecule has 0 amide bonds. The minimum absolute atomic E-state index is 0.208. The maximum atomic E-state index is 9.69. The standard InChI is InChI=1S/C9H14O2/c1-9(2,10)7-5-6-3-4-8(7)11-6/h5-6,8,10H,3-4H2,1-2H3. The van der Waals surface area contributed by atoms with Crippen LogP contribution in [0.2, 0.25) is 0 Å². The van der Waals surface area contributed by atoms with Crippen LogP contribution in [0.1, 0.15) is 26.7 Å². The lowest BCUT2D eigenvalue weighted by atomic mass is 9.88. The summed E-state index contributed by atoms with van der Waals surface area (Å²) < 4.78 is 5.56. The van der Waals surface area contributed by atoms with Crippen LogP contribution in [0.3, 0.4) is 0 Å². The van der Waals surface area contributed by atoms with E-state index in [4.69, 9.17) is 4.74 Å². The third-order valence-electron chi connectivity index (χ3n) is 2.47. The molecule has 2 heteroatoms. The first-order chi connectivity index (χ1) is 5.07. The van der Waals surface area contributed by atoms with Crippen LogP contribution >= 0.6 is 0 Å². The summed E-state index contributed by atoms with van der Waals surface area (Å²) in [6.45, 7) is 3.64. The van der Waals surface area contributed by atoms with Gasteiger partial charge in [-0.3, -0.25) is 0 Å². The van der Waals surface area contributed by atoms with Gasteiger partial charge < -0.3 is 9.84 Å². The second-order valence-corrected chi connectivity index (χ2v) is 3.92. The van der Waals surface area contributed by atoms with E-state index in [1.54, 1.807) is 0 Å². The summed E-state index contributed by atoms with van der Waals surface area (Å²) in [7, 11) is 0. The van der Waals surface area contributed by atoms with Crippen molar-refractivity contribution in [3.63, 3.8) is 0 Å². The molecular weight excluding hydrogens is 140 g/mol. The third-order valence-corrected chi connectivity index (χ3v) is 2.47. The van der Waals surface area contributed by atoms with Crippen LogP contribution in [-0.4, -0.2) is 22.9 Å². The highest BCUT2D eigenvalue weighted by atomic mass is 16.5. The Kier molecular flexibility index (Phi) is 1.38. The topological polar surface area (TPSA) is 29.5 Å². The van der Waals surface area contributed by atoms with Gasteiger partial charge in [0, 0.05) is 0 Å². The Labute approximate surface area is 66.9 Å². The summed E-state index contributed by atoms with van der Waals surface area (Å²) in [5.41, 5.74) is 0.397. The number of aliphatic hydroxyl groups is 1. The summed E-state index contributed by atoms with van der Waals surface area (Å²) in [6.07, 6.45) is 4.79. The van der Waals surface area contributed by atoms with Crippen LogP contribution in [-0.2, 0) is 4.74 Å². The molecular formula is C9H14O2. The number of hydrogen-bond acceptors (Lipinski definition) is 2. The van der Waals surface area contributed by atoms with Gasteiger partial charge in [0.15, 0.2) is 0 Å². The van der Waals surface area contributed by atoms with E-state index in [1.165, 1.54) is 0 Å². The van der Waals surface area contributed by atoms with Crippen molar-refractivity contribution in [1.29, 1.82) is 0 Å². The lowest BCUT2D eigenvalue weighted by Gasteiger charge is -2.23. The summed E-state index contributed by atoms with van der Waals surface area (Å²) in [6, 6.07) is 0. The first-order valence-corrected chi connectivity index (χ1v) is 4.17. The van der Waals surface area contributed by atoms with E-state index in [1.807, 2.05) is 13.8 Å². The molecule has 11 heavy (non-hydrogen) atoms. The molecule has 0 radical (unpaired) electrons. The monoisotopic (exact) mass is 154 g/mol. The van der Waals surface area contributed by atoms with Crippen molar-refractivity contribution in [3.05, 3.63) is 11.6 Å². The van der Waals surface area contributed by atoms with Crippen LogP contribution in [0.25, 0.3) is 0 Å². The zero-order valence-corrected chi connectivity index (χ0v) is 7.00. The van der Waals surface area contributed by atoms with E-state index in [-0.39, 0.29) is 6.10 Å². The largest absolute Gasteiger partial charge is 0.386 e. The lowest BCUT2D eigenvalue weighted by Crippen LogP contribution is -2.28. The van der Waals surface area contributed by atoms with Gasteiger partial charge in [0.1, 0.15) is 0 Å². The van der Waals surface area contributed by atoms with Gasteiger partial charge >= 0.3 is 0 Å². The van der Waals surface area contributed by atoms with E-state index < -0.39 is 5.60 Å². The Morgan fingerprint density at radius 2 is 2.27 bits per heavy atom. The molecule has 2 aliphatic heterocycles. The maximum Gasteiger partial charge on any atom is 0.0826 e. The second kappa shape index (κ2) is 2.08. The minimum atomic E-state index is -0.681. The van der Waals surface area contributed by atoms with Crippen molar-refractivity contribution in [1.82, 2.24) is 0 Å². The summed E-state index contributed by atoms with van der Waals surface area (Å²) in [5.74, 6) is 0. The van der Waals surface area contributed by atoms with Gasteiger partial charge in [0.25, 0.3) is 0 Å². The van der Waals surface area contributed by atoms with Crippen LogP contribution < -0.4 is 0 Å². The van der Waals surface area contributed by atoms with Crippen molar-refractivity contribution >= 4 is 0 Å². The summed E-state index contributed by atoms with van der Waals surface area (Å²) in [5, 5.41) is 9.69. The Morgan fingerprint density at radius 1 is 1.55 bits per heavy atom. The number of ether oxygens (including phenoxy) is 1. The fourth-order valence-corrected chi connectivity index (χ4v) is 1.92. The van der Waals surface area contributed by atoms with Crippen LogP contribution in [0, 0.1) is 0 Å². The van der Waals surface area contributed by atoms with E-state index in [9.17, 15) is 5.11 Å². The number of fused-ring (bicyclic) bond motifs is 2. The molecule has 1 fully saturated rings. The van der Waals surface area contributed by atoms with Gasteiger partial charge in [-0.05, 0) is 32.3 Å². The first-order valence-electron chi connectivity index (χ1n) is 4.17. The molecule has 2 bridgehead atoms. The van der Waals surface area contributed by atoms with Crippen LogP contribution in [0.4, 0.5) is 0 Å². The van der Waals surface area contributed by atoms with Crippen molar-refractivity contribution in [2.24, 2.45) is 0 Å². The van der Waals surface area contributed by atoms with Crippen molar-refractivity contribution < 1.29 is 9.84 Å². The Bertz CT molecular complexity index is 200. The van der Waals surface area contributed by atoms with Crippen molar-refractivity contribution in [2.75, 3.05) is 0 Å². The minimum Gasteiger partial charge on any atom is -0.386 e. The Balaban J connectivity index is 2.23. The molecule has 2 atom stereocenters. The molecule has 2 rings (SSSR count). The lowest BCUT2D eigenvalue weighted by molar-refractivity contribution is 0.0690. The van der Waals surface area contributed by atoms with Gasteiger partial charge in [-0.25, -0.2) is 0 Å². The molecule has 1 saturated heterocycles. The highest BCUT2D eigenvalue weighted by Crippen LogP contribution is 2.38. The zero-order valence-electron chi connectivity index (χ0n) is 7.00. The summed E-state index contributed by atoms with van der Waals surface area (Å²) >= 11 is 0. The van der Waals surface area contributed by atoms with Gasteiger partial charge in [0.05, 0.1) is 17.8 Å². The smallest absolute Gasteiger partial charge is 0.0826 e. The molecule has 2 unspecified atom stereocenters. The Morgan fingerprint density at radius 3 is 2.55 bits per heavy atom. The van der Waals surface area contributed by atoms with Crippen molar-refractivity contribution in [2.45, 2.75) is 44.5 Å². The molecule has 2 heterocycles. The highest BCUT2D eigenvalue weighted by molar-refractivity contribution is 5.27. The fourth-order valence-electron chi connectivity index (χ4n) is 1.92. The number of rotatable bonds is 1. The maximum absolute atomic E-state index is 9.69. The van der Waals surface area contributed by atoms with Crippen LogP contribution in [0.15, 0.2) is 11.6 Å². The second-order valence-electron chi connectivity index (χ2n) is 3.92. The molecule has 2 nitrogen and oxygen atoms in total. The quantitative estimate of drug-likeness (QED) is 0.576. The molecule has 2 aliphatic rings. The third kappa shape index (κ3) is 1.10. The average molecular weight is 154 g/mol. The first kappa shape index (κ1) is 7.32. The SMILES string of the molecule is CC(C)(O)C1=CC2CCC1O2. The summed E-state index contributed by atoms with van der Waals surface area (Å²) in [4.78, 5) is 0. The Hall–Kier alpha value is -0.340. The normalized spacial score (nSPS) is 36.1. The van der Waals surface area contributed by atoms with Gasteiger partial charge in [-0.15, -0.1) is 0 Å². The molecule has 0 saturated carbocycles. The number of hydrogen-bond donors (Lipinski definition) is 1. The molecule has 0 spiro atoms. The average Bonchev–Trinajstić information content (AvgIpc) is 2.42. The molecule has 0 aliphatic carbocycles. The zero-order chi connectivity index (χ0) is 8.06. The highest BCUT2D eigenvalue weighted by Gasteiger charge is 2.39.